The fourth-order valence-electron chi connectivity index (χ4n) is 1.73. The maximum atomic E-state index is 10.9. The molecule has 19 heavy (non-hydrogen) atoms. The number of hydrogen-bond donors (Lipinski definition) is 1. The number of carbonyl (C=O) groups is 1. The molecule has 0 saturated carbocycles. The van der Waals surface area contributed by atoms with Crippen LogP contribution in [0.1, 0.15) is 21.5 Å². The molecule has 0 amide bonds. The first-order chi connectivity index (χ1) is 9.06. The van der Waals surface area contributed by atoms with Crippen LogP contribution in [0, 0.1) is 6.92 Å². The molecular weight excluding hydrogens is 308 g/mol. The molecular formula is C15H13BrO3. The largest absolute Gasteiger partial charge is 0.489 e. The maximum absolute atomic E-state index is 10.9. The van der Waals surface area contributed by atoms with Gasteiger partial charge in [-0.2, -0.15) is 0 Å². The number of rotatable bonds is 4. The van der Waals surface area contributed by atoms with Crippen molar-refractivity contribution in [1.29, 1.82) is 0 Å². The van der Waals surface area contributed by atoms with Gasteiger partial charge in [0.05, 0.1) is 5.56 Å². The summed E-state index contributed by atoms with van der Waals surface area (Å²) in [7, 11) is 0. The summed E-state index contributed by atoms with van der Waals surface area (Å²) in [5.41, 5.74) is 2.14. The van der Waals surface area contributed by atoms with Crippen LogP contribution in [0.3, 0.4) is 0 Å². The third kappa shape index (κ3) is 3.58. The van der Waals surface area contributed by atoms with E-state index in [1.807, 2.05) is 31.2 Å². The Morgan fingerprint density at radius 1 is 1.26 bits per heavy atom. The van der Waals surface area contributed by atoms with E-state index in [2.05, 4.69) is 15.9 Å². The molecule has 0 atom stereocenters. The van der Waals surface area contributed by atoms with Crippen LogP contribution < -0.4 is 4.74 Å². The van der Waals surface area contributed by atoms with Gasteiger partial charge in [0, 0.05) is 4.47 Å². The number of aryl methyl sites for hydroxylation is 1. The number of hydrogen-bond acceptors (Lipinski definition) is 2. The lowest BCUT2D eigenvalue weighted by molar-refractivity contribution is 0.0696. The summed E-state index contributed by atoms with van der Waals surface area (Å²) in [5, 5.41) is 8.92. The van der Waals surface area contributed by atoms with Gasteiger partial charge in [-0.15, -0.1) is 0 Å². The third-order valence-electron chi connectivity index (χ3n) is 2.71. The molecule has 0 bridgehead atoms. The van der Waals surface area contributed by atoms with E-state index in [0.717, 1.165) is 21.3 Å². The quantitative estimate of drug-likeness (QED) is 0.924. The number of aromatic carboxylic acids is 1. The average molecular weight is 321 g/mol. The molecule has 2 aromatic rings. The van der Waals surface area contributed by atoms with E-state index >= 15 is 0 Å². The van der Waals surface area contributed by atoms with E-state index < -0.39 is 5.97 Å². The highest BCUT2D eigenvalue weighted by Crippen LogP contribution is 2.23. The van der Waals surface area contributed by atoms with Crippen LogP contribution in [0.25, 0.3) is 0 Å². The zero-order chi connectivity index (χ0) is 13.8. The van der Waals surface area contributed by atoms with E-state index in [0.29, 0.717) is 6.61 Å². The summed E-state index contributed by atoms with van der Waals surface area (Å²) in [5.74, 6) is -0.134. The highest BCUT2D eigenvalue weighted by atomic mass is 79.9. The lowest BCUT2D eigenvalue weighted by Crippen LogP contribution is -2.00. The zero-order valence-electron chi connectivity index (χ0n) is 10.4. The van der Waals surface area contributed by atoms with Gasteiger partial charge in [-0.05, 0) is 48.4 Å². The molecule has 1 N–H and O–H groups in total. The molecule has 0 aromatic heterocycles. The molecule has 0 unspecified atom stereocenters. The van der Waals surface area contributed by atoms with Gasteiger partial charge in [0.25, 0.3) is 0 Å². The molecule has 0 radical (unpaired) electrons. The van der Waals surface area contributed by atoms with Crippen molar-refractivity contribution in [2.75, 3.05) is 0 Å². The summed E-state index contributed by atoms with van der Waals surface area (Å²) in [6.45, 7) is 2.32. The summed E-state index contributed by atoms with van der Waals surface area (Å²) >= 11 is 3.40. The van der Waals surface area contributed by atoms with Crippen LogP contribution in [0.5, 0.6) is 5.75 Å². The van der Waals surface area contributed by atoms with Crippen molar-refractivity contribution in [3.63, 3.8) is 0 Å². The van der Waals surface area contributed by atoms with Gasteiger partial charge in [0.15, 0.2) is 0 Å². The molecule has 0 heterocycles. The van der Waals surface area contributed by atoms with E-state index in [-0.39, 0.29) is 5.56 Å². The van der Waals surface area contributed by atoms with Crippen molar-refractivity contribution in [1.82, 2.24) is 0 Å². The first kappa shape index (κ1) is 13.6. The van der Waals surface area contributed by atoms with Crippen molar-refractivity contribution in [3.8, 4) is 5.75 Å². The number of benzene rings is 2. The SMILES string of the molecule is Cc1cc(Br)ccc1OCc1cccc(C(=O)O)c1. The Morgan fingerprint density at radius 2 is 2.05 bits per heavy atom. The van der Waals surface area contributed by atoms with Gasteiger partial charge >= 0.3 is 5.97 Å². The minimum absolute atomic E-state index is 0.272. The highest BCUT2D eigenvalue weighted by molar-refractivity contribution is 9.10. The minimum Gasteiger partial charge on any atom is -0.489 e. The lowest BCUT2D eigenvalue weighted by atomic mass is 10.1. The smallest absolute Gasteiger partial charge is 0.335 e. The van der Waals surface area contributed by atoms with Crippen LogP contribution in [0.2, 0.25) is 0 Å². The van der Waals surface area contributed by atoms with Crippen LogP contribution in [0.4, 0.5) is 0 Å². The Hall–Kier alpha value is -1.81. The summed E-state index contributed by atoms with van der Waals surface area (Å²) in [6.07, 6.45) is 0. The minimum atomic E-state index is -0.929. The number of carboxylic acid groups (broad SMARTS) is 1. The van der Waals surface area contributed by atoms with Gasteiger partial charge in [-0.3, -0.25) is 0 Å². The second-order valence-electron chi connectivity index (χ2n) is 4.20. The highest BCUT2D eigenvalue weighted by Gasteiger charge is 2.05. The molecule has 0 spiro atoms. The standard InChI is InChI=1S/C15H13BrO3/c1-10-7-13(16)5-6-14(10)19-9-11-3-2-4-12(8-11)15(17)18/h2-8H,9H2,1H3,(H,17,18). The number of carboxylic acids is 1. The second kappa shape index (κ2) is 5.89. The van der Waals surface area contributed by atoms with Crippen LogP contribution in [-0.4, -0.2) is 11.1 Å². The molecule has 0 aliphatic heterocycles. The molecule has 3 nitrogen and oxygen atoms in total. The van der Waals surface area contributed by atoms with Crippen molar-refractivity contribution in [2.24, 2.45) is 0 Å². The van der Waals surface area contributed by atoms with E-state index in [9.17, 15) is 4.79 Å². The molecule has 0 aliphatic rings. The molecule has 98 valence electrons. The fourth-order valence-corrected chi connectivity index (χ4v) is 2.21. The predicted molar refractivity (Wildman–Crippen MR) is 76.6 cm³/mol. The Morgan fingerprint density at radius 3 is 2.74 bits per heavy atom. The Bertz CT molecular complexity index is 608. The van der Waals surface area contributed by atoms with Gasteiger partial charge in [-0.25, -0.2) is 4.79 Å². The molecule has 2 aromatic carbocycles. The van der Waals surface area contributed by atoms with Gasteiger partial charge in [0.2, 0.25) is 0 Å². The summed E-state index contributed by atoms with van der Waals surface area (Å²) in [6, 6.07) is 12.5. The first-order valence-electron chi connectivity index (χ1n) is 5.77. The zero-order valence-corrected chi connectivity index (χ0v) is 12.0. The van der Waals surface area contributed by atoms with Crippen molar-refractivity contribution in [3.05, 3.63) is 63.6 Å². The van der Waals surface area contributed by atoms with Crippen molar-refractivity contribution >= 4 is 21.9 Å². The topological polar surface area (TPSA) is 46.5 Å². The van der Waals surface area contributed by atoms with Crippen LogP contribution in [0.15, 0.2) is 46.9 Å². The van der Waals surface area contributed by atoms with E-state index in [4.69, 9.17) is 9.84 Å². The van der Waals surface area contributed by atoms with Gasteiger partial charge < -0.3 is 9.84 Å². The summed E-state index contributed by atoms with van der Waals surface area (Å²) < 4.78 is 6.70. The third-order valence-corrected chi connectivity index (χ3v) is 3.20. The van der Waals surface area contributed by atoms with E-state index in [1.165, 1.54) is 0 Å². The van der Waals surface area contributed by atoms with Crippen molar-refractivity contribution < 1.29 is 14.6 Å². The Labute approximate surface area is 120 Å². The number of halogens is 1. The number of ether oxygens (including phenoxy) is 1. The maximum Gasteiger partial charge on any atom is 0.335 e. The normalized spacial score (nSPS) is 10.2. The lowest BCUT2D eigenvalue weighted by Gasteiger charge is -2.09. The average Bonchev–Trinajstić information content (AvgIpc) is 2.38. The second-order valence-corrected chi connectivity index (χ2v) is 5.12. The first-order valence-corrected chi connectivity index (χ1v) is 6.57. The Kier molecular flexibility index (Phi) is 4.22. The molecule has 0 aliphatic carbocycles. The monoisotopic (exact) mass is 320 g/mol. The molecule has 4 heteroatoms. The predicted octanol–water partition coefficient (Wildman–Crippen LogP) is 4.03. The van der Waals surface area contributed by atoms with E-state index in [1.54, 1.807) is 18.2 Å². The molecule has 2 rings (SSSR count). The summed E-state index contributed by atoms with van der Waals surface area (Å²) in [4.78, 5) is 10.9. The molecule has 0 fully saturated rings. The van der Waals surface area contributed by atoms with Crippen LogP contribution in [-0.2, 0) is 6.61 Å². The Balaban J connectivity index is 2.10. The van der Waals surface area contributed by atoms with Crippen LogP contribution >= 0.6 is 15.9 Å². The van der Waals surface area contributed by atoms with Crippen molar-refractivity contribution in [2.45, 2.75) is 13.5 Å². The van der Waals surface area contributed by atoms with Gasteiger partial charge in [-0.1, -0.05) is 28.1 Å². The fraction of sp³-hybridized carbons (Fsp3) is 0.133. The molecule has 0 saturated heterocycles. The van der Waals surface area contributed by atoms with Gasteiger partial charge in [0.1, 0.15) is 12.4 Å².